The number of aromatic nitrogens is 1. The molecule has 0 aliphatic carbocycles. The van der Waals surface area contributed by atoms with E-state index < -0.39 is 0 Å². The Bertz CT molecular complexity index is 998. The summed E-state index contributed by atoms with van der Waals surface area (Å²) in [7, 11) is 0. The SMILES string of the molecule is N=C(N)c1ccc2c(c1)[nH]c1c3ccc(C(=N)N)cc3sc21. The molecule has 0 radical (unpaired) electrons. The molecule has 108 valence electrons. The van der Waals surface area contributed by atoms with Crippen LogP contribution in [-0.4, -0.2) is 16.7 Å². The van der Waals surface area contributed by atoms with Crippen LogP contribution in [0.2, 0.25) is 0 Å². The van der Waals surface area contributed by atoms with Gasteiger partial charge in [-0.05, 0) is 12.1 Å². The van der Waals surface area contributed by atoms with Gasteiger partial charge in [0.15, 0.2) is 0 Å². The highest BCUT2D eigenvalue weighted by Gasteiger charge is 2.13. The number of amidine groups is 2. The molecule has 0 atom stereocenters. The third-order valence-electron chi connectivity index (χ3n) is 3.84. The summed E-state index contributed by atoms with van der Waals surface area (Å²) in [5, 5.41) is 17.3. The molecule has 0 unspecified atom stereocenters. The Labute approximate surface area is 129 Å². The first-order valence-corrected chi connectivity index (χ1v) is 7.53. The average molecular weight is 307 g/mol. The Morgan fingerprint density at radius 3 is 2.23 bits per heavy atom. The van der Waals surface area contributed by atoms with Gasteiger partial charge in [0.1, 0.15) is 11.7 Å². The van der Waals surface area contributed by atoms with Crippen molar-refractivity contribution >= 4 is 54.2 Å². The van der Waals surface area contributed by atoms with E-state index in [1.54, 1.807) is 11.3 Å². The molecule has 2 aromatic carbocycles. The molecule has 4 aromatic rings. The van der Waals surface area contributed by atoms with Crippen molar-refractivity contribution in [3.63, 3.8) is 0 Å². The molecular formula is C16H13N5S. The first-order chi connectivity index (χ1) is 10.5. The quantitative estimate of drug-likeness (QED) is 0.289. The summed E-state index contributed by atoms with van der Waals surface area (Å²) in [5.74, 6) is 0.144. The number of nitrogen functional groups attached to an aromatic ring is 2. The summed E-state index contributed by atoms with van der Waals surface area (Å²) < 4.78 is 2.27. The van der Waals surface area contributed by atoms with Gasteiger partial charge in [0.2, 0.25) is 0 Å². The van der Waals surface area contributed by atoms with Gasteiger partial charge in [-0.2, -0.15) is 0 Å². The highest BCUT2D eigenvalue weighted by Crippen LogP contribution is 2.38. The Morgan fingerprint density at radius 1 is 0.909 bits per heavy atom. The van der Waals surface area contributed by atoms with Crippen LogP contribution in [0.25, 0.3) is 31.2 Å². The number of fused-ring (bicyclic) bond motifs is 5. The second-order valence-corrected chi connectivity index (χ2v) is 6.28. The standard InChI is InChI=1S/C16H13N5S/c17-15(18)7-1-3-9-11(5-7)21-13-10-4-2-8(16(19)20)6-12(10)22-14(9)13/h1-6,21H,(H3,17,18)(H3,19,20). The van der Waals surface area contributed by atoms with Crippen LogP contribution in [0.15, 0.2) is 36.4 Å². The summed E-state index contributed by atoms with van der Waals surface area (Å²) in [6, 6.07) is 11.6. The van der Waals surface area contributed by atoms with E-state index in [9.17, 15) is 0 Å². The van der Waals surface area contributed by atoms with Crippen LogP contribution in [-0.2, 0) is 0 Å². The number of H-pyrrole nitrogens is 1. The largest absolute Gasteiger partial charge is 0.384 e. The maximum absolute atomic E-state index is 7.55. The molecule has 7 N–H and O–H groups in total. The van der Waals surface area contributed by atoms with Gasteiger partial charge in [-0.3, -0.25) is 10.8 Å². The number of benzene rings is 2. The van der Waals surface area contributed by atoms with Crippen LogP contribution in [0.3, 0.4) is 0 Å². The summed E-state index contributed by atoms with van der Waals surface area (Å²) in [4.78, 5) is 3.42. The molecule has 0 spiro atoms. The van der Waals surface area contributed by atoms with Crippen LogP contribution in [0.1, 0.15) is 11.1 Å². The lowest BCUT2D eigenvalue weighted by Gasteiger charge is -1.99. The smallest absolute Gasteiger partial charge is 0.122 e. The normalized spacial score (nSPS) is 11.5. The number of hydrogen-bond donors (Lipinski definition) is 5. The molecule has 0 aliphatic rings. The molecule has 0 aliphatic heterocycles. The van der Waals surface area contributed by atoms with Crippen LogP contribution < -0.4 is 11.5 Å². The number of hydrogen-bond acceptors (Lipinski definition) is 3. The fourth-order valence-corrected chi connectivity index (χ4v) is 3.96. The maximum atomic E-state index is 7.55. The van der Waals surface area contributed by atoms with Gasteiger partial charge < -0.3 is 16.5 Å². The van der Waals surface area contributed by atoms with E-state index in [1.807, 2.05) is 36.4 Å². The minimum absolute atomic E-state index is 0.0656. The van der Waals surface area contributed by atoms with E-state index in [-0.39, 0.29) is 11.7 Å². The van der Waals surface area contributed by atoms with E-state index >= 15 is 0 Å². The number of nitrogens with two attached hydrogens (primary N) is 2. The topological polar surface area (TPSA) is 116 Å². The zero-order valence-electron chi connectivity index (χ0n) is 11.5. The van der Waals surface area contributed by atoms with Gasteiger partial charge in [-0.15, -0.1) is 11.3 Å². The fourth-order valence-electron chi connectivity index (χ4n) is 2.73. The third kappa shape index (κ3) is 1.71. The molecule has 0 saturated heterocycles. The van der Waals surface area contributed by atoms with Crippen molar-refractivity contribution < 1.29 is 0 Å². The molecule has 0 fully saturated rings. The summed E-state index contributed by atoms with van der Waals surface area (Å²) in [5.41, 5.74) is 14.6. The third-order valence-corrected chi connectivity index (χ3v) is 5.02. The van der Waals surface area contributed by atoms with Crippen LogP contribution in [0, 0.1) is 10.8 Å². The second kappa shape index (κ2) is 4.32. The van der Waals surface area contributed by atoms with Crippen molar-refractivity contribution in [2.24, 2.45) is 11.5 Å². The van der Waals surface area contributed by atoms with Crippen LogP contribution in [0.4, 0.5) is 0 Å². The summed E-state index contributed by atoms with van der Waals surface area (Å²) in [6.07, 6.45) is 0. The average Bonchev–Trinajstić information content (AvgIpc) is 3.01. The molecule has 6 heteroatoms. The molecule has 22 heavy (non-hydrogen) atoms. The van der Waals surface area contributed by atoms with Gasteiger partial charge in [0, 0.05) is 32.1 Å². The summed E-state index contributed by atoms with van der Waals surface area (Å²) >= 11 is 1.68. The molecule has 0 amide bonds. The lowest BCUT2D eigenvalue weighted by atomic mass is 10.1. The van der Waals surface area contributed by atoms with Crippen molar-refractivity contribution in [1.29, 1.82) is 10.8 Å². The Kier molecular flexibility index (Phi) is 2.52. The molecule has 2 aromatic heterocycles. The van der Waals surface area contributed by atoms with Crippen LogP contribution >= 0.6 is 11.3 Å². The molecule has 0 saturated carbocycles. The van der Waals surface area contributed by atoms with E-state index in [1.165, 1.54) is 4.70 Å². The number of rotatable bonds is 2. The van der Waals surface area contributed by atoms with Gasteiger partial charge in [-0.1, -0.05) is 24.3 Å². The van der Waals surface area contributed by atoms with Crippen molar-refractivity contribution in [2.75, 3.05) is 0 Å². The lowest BCUT2D eigenvalue weighted by Crippen LogP contribution is -2.10. The number of thiophene rings is 1. The minimum Gasteiger partial charge on any atom is -0.384 e. The Balaban J connectivity index is 2.05. The Morgan fingerprint density at radius 2 is 1.55 bits per heavy atom. The highest BCUT2D eigenvalue weighted by molar-refractivity contribution is 7.26. The Hall–Kier alpha value is -2.86. The van der Waals surface area contributed by atoms with Crippen molar-refractivity contribution in [1.82, 2.24) is 4.98 Å². The monoisotopic (exact) mass is 307 g/mol. The molecule has 4 rings (SSSR count). The summed E-state index contributed by atoms with van der Waals surface area (Å²) in [6.45, 7) is 0. The molecule has 5 nitrogen and oxygen atoms in total. The zero-order valence-corrected chi connectivity index (χ0v) is 12.3. The highest BCUT2D eigenvalue weighted by atomic mass is 32.1. The van der Waals surface area contributed by atoms with Crippen molar-refractivity contribution in [3.05, 3.63) is 47.5 Å². The van der Waals surface area contributed by atoms with Gasteiger partial charge in [0.05, 0.1) is 10.2 Å². The molecule has 0 bridgehead atoms. The molecular weight excluding hydrogens is 294 g/mol. The van der Waals surface area contributed by atoms with E-state index in [0.717, 1.165) is 32.1 Å². The van der Waals surface area contributed by atoms with Gasteiger partial charge >= 0.3 is 0 Å². The predicted molar refractivity (Wildman–Crippen MR) is 93.2 cm³/mol. The fraction of sp³-hybridized carbons (Fsp3) is 0. The first kappa shape index (κ1) is 12.8. The lowest BCUT2D eigenvalue weighted by molar-refractivity contribution is 1.43. The van der Waals surface area contributed by atoms with Crippen LogP contribution in [0.5, 0.6) is 0 Å². The number of aromatic amines is 1. The zero-order chi connectivity index (χ0) is 15.4. The predicted octanol–water partition coefficient (Wildman–Crippen LogP) is 3.10. The van der Waals surface area contributed by atoms with E-state index in [2.05, 4.69) is 4.98 Å². The number of nitrogens with one attached hydrogen (secondary N) is 3. The second-order valence-electron chi connectivity index (χ2n) is 5.23. The van der Waals surface area contributed by atoms with Crippen molar-refractivity contribution in [2.45, 2.75) is 0 Å². The van der Waals surface area contributed by atoms with Crippen molar-refractivity contribution in [3.8, 4) is 0 Å². The van der Waals surface area contributed by atoms with E-state index in [4.69, 9.17) is 22.3 Å². The molecule has 2 heterocycles. The maximum Gasteiger partial charge on any atom is 0.122 e. The van der Waals surface area contributed by atoms with Gasteiger partial charge in [0.25, 0.3) is 0 Å². The first-order valence-electron chi connectivity index (χ1n) is 6.71. The minimum atomic E-state index is 0.0656. The van der Waals surface area contributed by atoms with E-state index in [0.29, 0.717) is 5.56 Å². The van der Waals surface area contributed by atoms with Gasteiger partial charge in [-0.25, -0.2) is 0 Å².